The minimum Gasteiger partial charge on any atom is -0.126 e. The van der Waals surface area contributed by atoms with Crippen molar-refractivity contribution in [3.8, 4) is 23.9 Å². The lowest BCUT2D eigenvalue weighted by Crippen LogP contribution is -2.30. The highest BCUT2D eigenvalue weighted by atomic mass is 28.3. The smallest absolute Gasteiger partial charge is 0.126 e. The molecular formula is C20H36Si. The molecule has 0 saturated heterocycles. The summed E-state index contributed by atoms with van der Waals surface area (Å²) in [6.45, 7) is 4.52. The second-order valence-electron chi connectivity index (χ2n) is 6.41. The second-order valence-corrected chi connectivity index (χ2v) is 10.1. The van der Waals surface area contributed by atoms with Crippen molar-refractivity contribution in [2.24, 2.45) is 0 Å². The summed E-state index contributed by atoms with van der Waals surface area (Å²) in [5.41, 5.74) is 6.14. The maximum atomic E-state index is 5.81. The summed E-state index contributed by atoms with van der Waals surface area (Å²) in [6.07, 6.45) is 27.5. The van der Waals surface area contributed by atoms with Gasteiger partial charge in [-0.1, -0.05) is 90.9 Å². The van der Waals surface area contributed by atoms with E-state index in [1.165, 1.54) is 77.0 Å². The van der Waals surface area contributed by atoms with Crippen molar-refractivity contribution < 1.29 is 0 Å². The Morgan fingerprint density at radius 3 is 1.24 bits per heavy atom. The third-order valence-corrected chi connectivity index (χ3v) is 7.99. The Morgan fingerprint density at radius 1 is 0.571 bits per heavy atom. The van der Waals surface area contributed by atoms with Crippen LogP contribution in [0.2, 0.25) is 12.1 Å². The van der Waals surface area contributed by atoms with Gasteiger partial charge in [0.15, 0.2) is 0 Å². The van der Waals surface area contributed by atoms with Crippen LogP contribution in [0.4, 0.5) is 0 Å². The maximum Gasteiger partial charge on any atom is 0.216 e. The summed E-state index contributed by atoms with van der Waals surface area (Å²) in [5, 5.41) is 0. The lowest BCUT2D eigenvalue weighted by Gasteiger charge is -2.19. The zero-order valence-electron chi connectivity index (χ0n) is 14.6. The molecule has 120 valence electrons. The van der Waals surface area contributed by atoms with Crippen molar-refractivity contribution in [2.75, 3.05) is 0 Å². The molecule has 0 aromatic carbocycles. The molecule has 0 aromatic heterocycles. The van der Waals surface area contributed by atoms with Crippen LogP contribution in [0.25, 0.3) is 0 Å². The molecule has 0 spiro atoms. The third-order valence-electron chi connectivity index (χ3n) is 4.47. The Kier molecular flexibility index (Phi) is 13.8. The Labute approximate surface area is 135 Å². The van der Waals surface area contributed by atoms with Gasteiger partial charge in [-0.3, -0.25) is 0 Å². The van der Waals surface area contributed by atoms with Crippen LogP contribution in [-0.4, -0.2) is 8.07 Å². The molecule has 21 heavy (non-hydrogen) atoms. The van der Waals surface area contributed by atoms with Crippen LogP contribution >= 0.6 is 0 Å². The topological polar surface area (TPSA) is 0 Å². The highest BCUT2D eigenvalue weighted by molar-refractivity contribution is 6.94. The van der Waals surface area contributed by atoms with E-state index in [-0.39, 0.29) is 0 Å². The quantitative estimate of drug-likeness (QED) is 0.195. The first-order valence-corrected chi connectivity index (χ1v) is 11.6. The van der Waals surface area contributed by atoms with Crippen molar-refractivity contribution in [1.82, 2.24) is 0 Å². The standard InChI is InChI=1S/C20H36Si/c1-5-9-11-13-15-17-19-21(7-3,8-4)20-18-16-14-12-10-6-2/h3-4H,5-6,9-20H2,1-2H3. The highest BCUT2D eigenvalue weighted by Gasteiger charge is 2.27. The number of hydrogen-bond donors (Lipinski definition) is 0. The molecule has 0 nitrogen and oxygen atoms in total. The van der Waals surface area contributed by atoms with Crippen molar-refractivity contribution in [3.05, 3.63) is 0 Å². The molecule has 0 N–H and O–H groups in total. The zero-order valence-corrected chi connectivity index (χ0v) is 15.6. The summed E-state index contributed by atoms with van der Waals surface area (Å²) in [4.78, 5) is 0. The molecule has 0 unspecified atom stereocenters. The van der Waals surface area contributed by atoms with Gasteiger partial charge in [0.2, 0.25) is 8.07 Å². The molecule has 0 bridgehead atoms. The summed E-state index contributed by atoms with van der Waals surface area (Å²) < 4.78 is 0. The average Bonchev–Trinajstić information content (AvgIpc) is 2.52. The fourth-order valence-corrected chi connectivity index (χ4v) is 5.49. The number of unbranched alkanes of at least 4 members (excludes halogenated alkanes) is 10. The van der Waals surface area contributed by atoms with Crippen LogP contribution < -0.4 is 0 Å². The number of hydrogen-bond acceptors (Lipinski definition) is 0. The molecule has 0 rings (SSSR count). The Morgan fingerprint density at radius 2 is 0.905 bits per heavy atom. The minimum atomic E-state index is -1.82. The lowest BCUT2D eigenvalue weighted by molar-refractivity contribution is 0.616. The molecule has 0 aliphatic rings. The second kappa shape index (κ2) is 14.3. The zero-order chi connectivity index (χ0) is 15.8. The van der Waals surface area contributed by atoms with E-state index in [2.05, 4.69) is 24.9 Å². The van der Waals surface area contributed by atoms with Crippen molar-refractivity contribution >= 4 is 8.07 Å². The molecule has 0 aliphatic heterocycles. The van der Waals surface area contributed by atoms with Crippen molar-refractivity contribution in [1.29, 1.82) is 0 Å². The summed E-state index contributed by atoms with van der Waals surface area (Å²) >= 11 is 0. The fourth-order valence-electron chi connectivity index (χ4n) is 2.87. The first-order chi connectivity index (χ1) is 10.2. The normalized spacial score (nSPS) is 11.0. The van der Waals surface area contributed by atoms with Gasteiger partial charge >= 0.3 is 0 Å². The van der Waals surface area contributed by atoms with Gasteiger partial charge in [0.1, 0.15) is 0 Å². The Hall–Kier alpha value is -0.663. The molecule has 0 saturated carbocycles. The molecule has 0 radical (unpaired) electrons. The minimum absolute atomic E-state index is 1.15. The van der Waals surface area contributed by atoms with Gasteiger partial charge in [-0.05, 0) is 12.1 Å². The molecule has 0 aromatic rings. The third kappa shape index (κ3) is 10.7. The van der Waals surface area contributed by atoms with E-state index in [1.807, 2.05) is 0 Å². The fraction of sp³-hybridized carbons (Fsp3) is 0.800. The van der Waals surface area contributed by atoms with E-state index in [0.29, 0.717) is 0 Å². The van der Waals surface area contributed by atoms with Gasteiger partial charge in [-0.2, -0.15) is 0 Å². The van der Waals surface area contributed by atoms with E-state index in [0.717, 1.165) is 12.1 Å². The van der Waals surface area contributed by atoms with Crippen LogP contribution in [-0.2, 0) is 0 Å². The largest absolute Gasteiger partial charge is 0.216 e. The van der Waals surface area contributed by atoms with Crippen LogP contribution in [0.5, 0.6) is 0 Å². The average molecular weight is 305 g/mol. The predicted molar refractivity (Wildman–Crippen MR) is 99.8 cm³/mol. The Bertz CT molecular complexity index is 273. The van der Waals surface area contributed by atoms with Gasteiger partial charge in [0, 0.05) is 0 Å². The molecule has 0 aliphatic carbocycles. The maximum absolute atomic E-state index is 5.81. The van der Waals surface area contributed by atoms with Gasteiger partial charge in [0.25, 0.3) is 0 Å². The molecule has 0 fully saturated rings. The van der Waals surface area contributed by atoms with Crippen LogP contribution in [0.3, 0.4) is 0 Å². The summed E-state index contributed by atoms with van der Waals surface area (Å²) in [6, 6.07) is 2.31. The monoisotopic (exact) mass is 304 g/mol. The van der Waals surface area contributed by atoms with Gasteiger partial charge in [0.05, 0.1) is 0 Å². The highest BCUT2D eigenvalue weighted by Crippen LogP contribution is 2.22. The SMILES string of the molecule is C#C[Si](C#C)(CCCCCCCC)CCCCCCCC. The van der Waals surface area contributed by atoms with E-state index in [1.54, 1.807) is 0 Å². The van der Waals surface area contributed by atoms with E-state index < -0.39 is 8.07 Å². The van der Waals surface area contributed by atoms with E-state index >= 15 is 0 Å². The predicted octanol–water partition coefficient (Wildman–Crippen LogP) is 6.50. The number of rotatable bonds is 14. The van der Waals surface area contributed by atoms with Crippen LogP contribution in [0, 0.1) is 23.9 Å². The van der Waals surface area contributed by atoms with E-state index in [4.69, 9.17) is 12.8 Å². The molecule has 0 amide bonds. The van der Waals surface area contributed by atoms with Crippen LogP contribution in [0.15, 0.2) is 0 Å². The van der Waals surface area contributed by atoms with Gasteiger partial charge in [-0.25, -0.2) is 0 Å². The molecule has 0 atom stereocenters. The Balaban J connectivity index is 3.86. The summed E-state index contributed by atoms with van der Waals surface area (Å²) in [7, 11) is -1.82. The van der Waals surface area contributed by atoms with E-state index in [9.17, 15) is 0 Å². The number of terminal acetylenes is 2. The molecule has 1 heteroatoms. The first kappa shape index (κ1) is 20.3. The molecular weight excluding hydrogens is 268 g/mol. The van der Waals surface area contributed by atoms with Crippen molar-refractivity contribution in [2.45, 2.75) is 103 Å². The summed E-state index contributed by atoms with van der Waals surface area (Å²) in [5.74, 6) is 0. The lowest BCUT2D eigenvalue weighted by atomic mass is 10.1. The van der Waals surface area contributed by atoms with Gasteiger partial charge < -0.3 is 0 Å². The van der Waals surface area contributed by atoms with Crippen LogP contribution in [0.1, 0.15) is 90.9 Å². The van der Waals surface area contributed by atoms with Gasteiger partial charge in [-0.15, -0.1) is 23.9 Å². The molecule has 0 heterocycles. The first-order valence-electron chi connectivity index (χ1n) is 9.20. The van der Waals surface area contributed by atoms with Crippen molar-refractivity contribution in [3.63, 3.8) is 0 Å².